The number of carbonyl (C=O) groups is 1. The molecule has 4 rings (SSSR count). The highest BCUT2D eigenvalue weighted by molar-refractivity contribution is 8.01. The van der Waals surface area contributed by atoms with Crippen molar-refractivity contribution in [2.45, 2.75) is 43.1 Å². The Balaban J connectivity index is 1.54. The third-order valence-electron chi connectivity index (χ3n) is 6.51. The van der Waals surface area contributed by atoms with E-state index in [-0.39, 0.29) is 13.0 Å². The number of nitrogens with zero attached hydrogens (tertiary/aromatic N) is 3. The number of thioether (sulfide) groups is 1. The van der Waals surface area contributed by atoms with E-state index in [4.69, 9.17) is 5.73 Å². The van der Waals surface area contributed by atoms with Gasteiger partial charge in [-0.3, -0.25) is 10.2 Å². The van der Waals surface area contributed by atoms with E-state index in [1.165, 1.54) is 17.7 Å². The van der Waals surface area contributed by atoms with E-state index < -0.39 is 40.3 Å². The molecule has 0 saturated heterocycles. The Morgan fingerprint density at radius 3 is 2.49 bits per heavy atom. The number of aryl methyl sites for hydroxylation is 1. The number of para-hydroxylation sites is 1. The molecule has 0 aromatic heterocycles. The molecule has 206 valence electrons. The minimum Gasteiger partial charge on any atom is -0.480 e. The third-order valence-corrected chi connectivity index (χ3v) is 7.92. The highest BCUT2D eigenvalue weighted by Crippen LogP contribution is 2.33. The van der Waals surface area contributed by atoms with Crippen molar-refractivity contribution in [2.24, 2.45) is 22.1 Å². The third kappa shape index (κ3) is 7.75. The van der Waals surface area contributed by atoms with Crippen LogP contribution in [0.5, 0.6) is 0 Å². The molecule has 39 heavy (non-hydrogen) atoms. The molecule has 2 unspecified atom stereocenters. The Labute approximate surface area is 230 Å². The first-order chi connectivity index (χ1) is 18.8. The molecule has 0 radical (unpaired) electrons. The molecule has 1 heterocycles. The van der Waals surface area contributed by atoms with Gasteiger partial charge >= 0.3 is 5.97 Å². The zero-order valence-corrected chi connectivity index (χ0v) is 22.3. The molecule has 11 heteroatoms. The number of benzene rings is 3. The summed E-state index contributed by atoms with van der Waals surface area (Å²) in [6.07, 6.45) is 1.01. The van der Waals surface area contributed by atoms with Crippen molar-refractivity contribution in [3.05, 3.63) is 101 Å². The maximum atomic E-state index is 13.9. The van der Waals surface area contributed by atoms with Gasteiger partial charge in [0.25, 0.3) is 0 Å². The van der Waals surface area contributed by atoms with Gasteiger partial charge in [0.2, 0.25) is 0 Å². The predicted octanol–water partition coefficient (Wildman–Crippen LogP) is 4.67. The lowest BCUT2D eigenvalue weighted by atomic mass is 9.90. The van der Waals surface area contributed by atoms with Gasteiger partial charge in [-0.25, -0.2) is 13.8 Å². The fourth-order valence-corrected chi connectivity index (χ4v) is 5.82. The van der Waals surface area contributed by atoms with Crippen LogP contribution in [0.1, 0.15) is 23.6 Å². The highest BCUT2D eigenvalue weighted by Gasteiger charge is 2.38. The lowest BCUT2D eigenvalue weighted by molar-refractivity contribution is -0.137. The number of carboxylic acid groups (broad SMARTS) is 1. The van der Waals surface area contributed by atoms with E-state index in [1.54, 1.807) is 5.01 Å². The van der Waals surface area contributed by atoms with Gasteiger partial charge in [0, 0.05) is 31.1 Å². The summed E-state index contributed by atoms with van der Waals surface area (Å²) in [4.78, 5) is 12.6. The van der Waals surface area contributed by atoms with Gasteiger partial charge in [-0.15, -0.1) is 0 Å². The summed E-state index contributed by atoms with van der Waals surface area (Å²) in [6, 6.07) is 20.0. The molecule has 1 aliphatic rings. The minimum absolute atomic E-state index is 0.103. The van der Waals surface area contributed by atoms with Gasteiger partial charge in [-0.2, -0.15) is 0 Å². The van der Waals surface area contributed by atoms with E-state index in [9.17, 15) is 18.7 Å². The molecule has 0 saturated carbocycles. The molecule has 0 fully saturated rings. The normalized spacial score (nSPS) is 17.0. The quantitative estimate of drug-likeness (QED) is 0.243. The summed E-state index contributed by atoms with van der Waals surface area (Å²) >= 11 is 1.13. The second-order valence-electron chi connectivity index (χ2n) is 9.36. The van der Waals surface area contributed by atoms with Crippen molar-refractivity contribution < 1.29 is 18.7 Å². The fourth-order valence-electron chi connectivity index (χ4n) is 4.54. The maximum Gasteiger partial charge on any atom is 0.317 e. The molecule has 4 atom stereocenters. The Bertz CT molecular complexity index is 1260. The van der Waals surface area contributed by atoms with Gasteiger partial charge in [-0.05, 0) is 59.0 Å². The molecule has 0 amide bonds. The summed E-state index contributed by atoms with van der Waals surface area (Å²) < 4.78 is 27.7. The SMILES string of the molecule is CCc1cccc(CNC[C@@H](C(SC2NN=NN2c2ccccc2)C(=O)O)[C@@H](N)Cc2cc(F)cc(F)c2)c1. The van der Waals surface area contributed by atoms with Crippen molar-refractivity contribution >= 4 is 23.4 Å². The van der Waals surface area contributed by atoms with E-state index in [0.29, 0.717) is 12.1 Å². The first-order valence-corrected chi connectivity index (χ1v) is 13.7. The van der Waals surface area contributed by atoms with Gasteiger partial charge < -0.3 is 16.2 Å². The Hall–Kier alpha value is -3.54. The number of hydrogen-bond donors (Lipinski definition) is 4. The molecular weight excluding hydrogens is 522 g/mol. The first-order valence-electron chi connectivity index (χ1n) is 12.7. The highest BCUT2D eigenvalue weighted by atomic mass is 32.2. The number of nitrogens with one attached hydrogen (secondary N) is 2. The monoisotopic (exact) mass is 554 g/mol. The molecule has 1 aliphatic heterocycles. The van der Waals surface area contributed by atoms with Crippen LogP contribution in [0.15, 0.2) is 83.2 Å². The summed E-state index contributed by atoms with van der Waals surface area (Å²) in [5.74, 6) is -3.07. The van der Waals surface area contributed by atoms with Gasteiger partial charge in [0.1, 0.15) is 16.9 Å². The van der Waals surface area contributed by atoms with Crippen LogP contribution < -0.4 is 21.5 Å². The molecular formula is C28H32F2N6O2S. The van der Waals surface area contributed by atoms with Crippen molar-refractivity contribution in [3.8, 4) is 0 Å². The topological polar surface area (TPSA) is 115 Å². The fraction of sp³-hybridized carbons (Fsp3) is 0.321. The largest absolute Gasteiger partial charge is 0.480 e. The summed E-state index contributed by atoms with van der Waals surface area (Å²) in [6.45, 7) is 2.87. The number of hydrogen-bond acceptors (Lipinski definition) is 8. The second kappa shape index (κ2) is 13.5. The molecule has 0 bridgehead atoms. The zero-order chi connectivity index (χ0) is 27.8. The molecule has 3 aromatic rings. The number of carboxylic acids is 1. The molecule has 0 aliphatic carbocycles. The van der Waals surface area contributed by atoms with E-state index in [1.807, 2.05) is 42.5 Å². The Kier molecular flexibility index (Phi) is 9.85. The van der Waals surface area contributed by atoms with Crippen LogP contribution in [0, 0.1) is 17.6 Å². The van der Waals surface area contributed by atoms with E-state index in [0.717, 1.165) is 35.5 Å². The number of nitrogens with two attached hydrogens (primary N) is 1. The summed E-state index contributed by atoms with van der Waals surface area (Å²) in [7, 11) is 0. The van der Waals surface area contributed by atoms with E-state index in [2.05, 4.69) is 40.2 Å². The van der Waals surface area contributed by atoms with Crippen molar-refractivity contribution in [1.29, 1.82) is 0 Å². The van der Waals surface area contributed by atoms with Gasteiger partial charge in [-0.1, -0.05) is 66.4 Å². The average molecular weight is 555 g/mol. The van der Waals surface area contributed by atoms with Crippen LogP contribution in [0.25, 0.3) is 0 Å². The van der Waals surface area contributed by atoms with Crippen molar-refractivity contribution in [2.75, 3.05) is 11.6 Å². The number of halogens is 2. The molecule has 3 aromatic carbocycles. The maximum absolute atomic E-state index is 13.9. The Morgan fingerprint density at radius 1 is 1.08 bits per heavy atom. The zero-order valence-electron chi connectivity index (χ0n) is 21.5. The minimum atomic E-state index is -1.05. The summed E-state index contributed by atoms with van der Waals surface area (Å²) in [5.41, 5.74) is 12.3. The molecule has 5 N–H and O–H groups in total. The van der Waals surface area contributed by atoms with Crippen LogP contribution in [-0.2, 0) is 24.2 Å². The molecule has 8 nitrogen and oxygen atoms in total. The van der Waals surface area contributed by atoms with Gasteiger partial charge in [0.15, 0.2) is 5.50 Å². The molecule has 0 spiro atoms. The van der Waals surface area contributed by atoms with Crippen LogP contribution in [0.2, 0.25) is 0 Å². The smallest absolute Gasteiger partial charge is 0.317 e. The lowest BCUT2D eigenvalue weighted by Crippen LogP contribution is -2.48. The van der Waals surface area contributed by atoms with E-state index >= 15 is 0 Å². The van der Waals surface area contributed by atoms with Crippen LogP contribution >= 0.6 is 11.8 Å². The lowest BCUT2D eigenvalue weighted by Gasteiger charge is -2.32. The second-order valence-corrected chi connectivity index (χ2v) is 10.6. The van der Waals surface area contributed by atoms with Crippen LogP contribution in [-0.4, -0.2) is 34.4 Å². The number of aliphatic carboxylic acids is 1. The van der Waals surface area contributed by atoms with Crippen LogP contribution in [0.3, 0.4) is 0 Å². The van der Waals surface area contributed by atoms with Crippen LogP contribution in [0.4, 0.5) is 14.5 Å². The van der Waals surface area contributed by atoms with Crippen molar-refractivity contribution in [3.63, 3.8) is 0 Å². The Morgan fingerprint density at radius 2 is 1.79 bits per heavy atom. The standard InChI is InChI=1S/C28H32F2N6O2S/c1-2-18-7-6-8-19(11-18)16-32-17-24(25(31)14-20-12-21(29)15-22(30)13-20)26(27(37)38)39-28-33-34-35-36(28)23-9-4-3-5-10-23/h3-13,15,24-26,28,32H,2,14,16-17,31H2,1H3,(H,33,35)(H,37,38)/t24-,25+,26?,28?/m1/s1. The summed E-state index contributed by atoms with van der Waals surface area (Å²) in [5, 5.41) is 22.3. The predicted molar refractivity (Wildman–Crippen MR) is 149 cm³/mol. The van der Waals surface area contributed by atoms with Gasteiger partial charge in [0.05, 0.1) is 5.69 Å². The van der Waals surface area contributed by atoms with Crippen molar-refractivity contribution in [1.82, 2.24) is 10.7 Å². The average Bonchev–Trinajstić information content (AvgIpc) is 3.38. The number of rotatable bonds is 13. The number of anilines is 1. The first kappa shape index (κ1) is 28.5.